The average molecular weight is 335 g/mol. The van der Waals surface area contributed by atoms with Crippen LogP contribution in [0, 0.1) is 6.92 Å². The number of fused-ring (bicyclic) bond motifs is 1. The van der Waals surface area contributed by atoms with Gasteiger partial charge >= 0.3 is 6.18 Å². The van der Waals surface area contributed by atoms with Crippen LogP contribution in [0.1, 0.15) is 23.7 Å². The van der Waals surface area contributed by atoms with E-state index in [1.807, 2.05) is 43.0 Å². The minimum atomic E-state index is -4.54. The first-order valence-corrected chi connectivity index (χ1v) is 7.47. The molecule has 126 valence electrons. The van der Waals surface area contributed by atoms with Crippen LogP contribution in [0.5, 0.6) is 0 Å². The Hall–Kier alpha value is -2.64. The quantitative estimate of drug-likeness (QED) is 0.732. The normalized spacial score (nSPS) is 11.9. The Balaban J connectivity index is 2.08. The number of rotatable bonds is 4. The zero-order valence-electron chi connectivity index (χ0n) is 13.2. The van der Waals surface area contributed by atoms with Crippen molar-refractivity contribution in [2.45, 2.75) is 26.6 Å². The Bertz CT molecular complexity index is 856. The van der Waals surface area contributed by atoms with Gasteiger partial charge in [-0.15, -0.1) is 0 Å². The summed E-state index contributed by atoms with van der Waals surface area (Å²) >= 11 is 0. The number of aryl methyl sites for hydroxylation is 1. The van der Waals surface area contributed by atoms with Gasteiger partial charge in [-0.1, -0.05) is 24.3 Å². The molecule has 3 rings (SSSR count). The summed E-state index contributed by atoms with van der Waals surface area (Å²) in [4.78, 5) is 9.18. The van der Waals surface area contributed by atoms with E-state index in [2.05, 4.69) is 15.1 Å². The highest BCUT2D eigenvalue weighted by Crippen LogP contribution is 2.31. The van der Waals surface area contributed by atoms with E-state index < -0.39 is 11.9 Å². The molecule has 0 saturated heterocycles. The van der Waals surface area contributed by atoms with Gasteiger partial charge in [-0.3, -0.25) is 0 Å². The third kappa shape index (κ3) is 3.04. The van der Waals surface area contributed by atoms with Crippen molar-refractivity contribution in [2.24, 2.45) is 0 Å². The number of benzene rings is 1. The molecule has 2 aromatic heterocycles. The van der Waals surface area contributed by atoms with Crippen LogP contribution < -0.4 is 4.90 Å². The standard InChI is InChI=1S/C16H16F3N5/c1-3-23(9-12-7-5-4-6-11(12)2)14-8-13(16(17,18)19)22-15-20-10-21-24(14)15/h4-8,10H,3,9H2,1-2H3. The van der Waals surface area contributed by atoms with Crippen LogP contribution in [0.15, 0.2) is 36.7 Å². The molecule has 0 radical (unpaired) electrons. The van der Waals surface area contributed by atoms with Gasteiger partial charge in [-0.25, -0.2) is 4.98 Å². The highest BCUT2D eigenvalue weighted by Gasteiger charge is 2.34. The van der Waals surface area contributed by atoms with Gasteiger partial charge in [0.1, 0.15) is 12.1 Å². The van der Waals surface area contributed by atoms with Crippen LogP contribution in [0.25, 0.3) is 5.78 Å². The average Bonchev–Trinajstić information content (AvgIpc) is 3.01. The van der Waals surface area contributed by atoms with Crippen molar-refractivity contribution in [2.75, 3.05) is 11.4 Å². The maximum absolute atomic E-state index is 13.1. The fourth-order valence-electron chi connectivity index (χ4n) is 2.52. The lowest BCUT2D eigenvalue weighted by Crippen LogP contribution is -2.26. The van der Waals surface area contributed by atoms with Crippen LogP contribution in [0.2, 0.25) is 0 Å². The number of hydrogen-bond acceptors (Lipinski definition) is 4. The third-order valence-corrected chi connectivity index (χ3v) is 3.85. The van der Waals surface area contributed by atoms with Gasteiger partial charge < -0.3 is 4.90 Å². The number of hydrogen-bond donors (Lipinski definition) is 0. The van der Waals surface area contributed by atoms with Gasteiger partial charge in [-0.05, 0) is 25.0 Å². The molecule has 0 fully saturated rings. The highest BCUT2D eigenvalue weighted by atomic mass is 19.4. The van der Waals surface area contributed by atoms with Crippen molar-refractivity contribution >= 4 is 11.6 Å². The monoisotopic (exact) mass is 335 g/mol. The van der Waals surface area contributed by atoms with Crippen molar-refractivity contribution in [3.8, 4) is 0 Å². The lowest BCUT2D eigenvalue weighted by atomic mass is 10.1. The first kappa shape index (κ1) is 16.2. The van der Waals surface area contributed by atoms with Crippen molar-refractivity contribution < 1.29 is 13.2 Å². The first-order valence-electron chi connectivity index (χ1n) is 7.47. The Kier molecular flexibility index (Phi) is 4.13. The second-order valence-corrected chi connectivity index (χ2v) is 5.41. The Morgan fingerprint density at radius 2 is 1.96 bits per heavy atom. The molecule has 0 aliphatic rings. The maximum atomic E-state index is 13.1. The second-order valence-electron chi connectivity index (χ2n) is 5.41. The molecule has 0 unspecified atom stereocenters. The molecule has 0 amide bonds. The molecule has 0 spiro atoms. The van der Waals surface area contributed by atoms with E-state index >= 15 is 0 Å². The molecule has 24 heavy (non-hydrogen) atoms. The predicted octanol–water partition coefficient (Wildman–Crippen LogP) is 3.48. The van der Waals surface area contributed by atoms with E-state index in [9.17, 15) is 13.2 Å². The van der Waals surface area contributed by atoms with Crippen molar-refractivity contribution in [1.29, 1.82) is 0 Å². The summed E-state index contributed by atoms with van der Waals surface area (Å²) in [6.45, 7) is 4.85. The smallest absolute Gasteiger partial charge is 0.352 e. The van der Waals surface area contributed by atoms with E-state index in [4.69, 9.17) is 0 Å². The van der Waals surface area contributed by atoms with Crippen molar-refractivity contribution in [3.05, 3.63) is 53.5 Å². The number of anilines is 1. The number of nitrogens with zero attached hydrogens (tertiary/aromatic N) is 5. The largest absolute Gasteiger partial charge is 0.433 e. The second kappa shape index (κ2) is 6.10. The minimum absolute atomic E-state index is 0.0666. The molecular formula is C16H16F3N5. The van der Waals surface area contributed by atoms with Gasteiger partial charge in [0.2, 0.25) is 0 Å². The maximum Gasteiger partial charge on any atom is 0.433 e. The third-order valence-electron chi connectivity index (χ3n) is 3.85. The van der Waals surface area contributed by atoms with Gasteiger partial charge in [-0.2, -0.15) is 27.8 Å². The lowest BCUT2D eigenvalue weighted by Gasteiger charge is -2.25. The van der Waals surface area contributed by atoms with Gasteiger partial charge in [0, 0.05) is 19.2 Å². The summed E-state index contributed by atoms with van der Waals surface area (Å²) < 4.78 is 40.7. The number of aromatic nitrogens is 4. The summed E-state index contributed by atoms with van der Waals surface area (Å²) in [5.74, 6) is 0.249. The minimum Gasteiger partial charge on any atom is -0.352 e. The van der Waals surface area contributed by atoms with Crippen molar-refractivity contribution in [1.82, 2.24) is 19.6 Å². The van der Waals surface area contributed by atoms with Crippen LogP contribution in [0.4, 0.5) is 19.0 Å². The predicted molar refractivity (Wildman–Crippen MR) is 83.7 cm³/mol. The molecule has 8 heteroatoms. The Morgan fingerprint density at radius 3 is 2.62 bits per heavy atom. The van der Waals surface area contributed by atoms with Crippen LogP contribution in [-0.4, -0.2) is 26.1 Å². The van der Waals surface area contributed by atoms with Gasteiger partial charge in [0.25, 0.3) is 5.78 Å². The molecular weight excluding hydrogens is 319 g/mol. The number of halogens is 3. The molecule has 0 atom stereocenters. The fraction of sp³-hybridized carbons (Fsp3) is 0.312. The summed E-state index contributed by atoms with van der Waals surface area (Å²) in [7, 11) is 0. The van der Waals surface area contributed by atoms with Gasteiger partial charge in [0.15, 0.2) is 5.69 Å². The molecule has 0 N–H and O–H groups in total. The molecule has 3 aromatic rings. The van der Waals surface area contributed by atoms with Crippen molar-refractivity contribution in [3.63, 3.8) is 0 Å². The van der Waals surface area contributed by atoms with E-state index in [1.54, 1.807) is 0 Å². The molecule has 0 aliphatic carbocycles. The molecule has 5 nitrogen and oxygen atoms in total. The van der Waals surface area contributed by atoms with E-state index in [-0.39, 0.29) is 5.78 Å². The highest BCUT2D eigenvalue weighted by molar-refractivity contribution is 5.48. The summed E-state index contributed by atoms with van der Waals surface area (Å²) in [5, 5.41) is 4.01. The van der Waals surface area contributed by atoms with Crippen LogP contribution in [0.3, 0.4) is 0 Å². The van der Waals surface area contributed by atoms with Gasteiger partial charge in [0.05, 0.1) is 0 Å². The van der Waals surface area contributed by atoms with E-state index in [0.717, 1.165) is 17.2 Å². The van der Waals surface area contributed by atoms with Crippen LogP contribution >= 0.6 is 0 Å². The van der Waals surface area contributed by atoms with E-state index in [0.29, 0.717) is 18.9 Å². The molecule has 1 aromatic carbocycles. The first-order chi connectivity index (χ1) is 11.4. The molecule has 0 bridgehead atoms. The molecule has 2 heterocycles. The lowest BCUT2D eigenvalue weighted by molar-refractivity contribution is -0.141. The molecule has 0 aliphatic heterocycles. The summed E-state index contributed by atoms with van der Waals surface area (Å²) in [5.41, 5.74) is 1.15. The van der Waals surface area contributed by atoms with Crippen LogP contribution in [-0.2, 0) is 12.7 Å². The van der Waals surface area contributed by atoms with E-state index in [1.165, 1.54) is 10.8 Å². The zero-order chi connectivity index (χ0) is 17.3. The fourth-order valence-corrected chi connectivity index (χ4v) is 2.52. The Labute approximate surface area is 136 Å². The SMILES string of the molecule is CCN(Cc1ccccc1C)c1cc(C(F)(F)F)nc2ncnn12. The number of alkyl halides is 3. The zero-order valence-corrected chi connectivity index (χ0v) is 13.2. The summed E-state index contributed by atoms with van der Waals surface area (Å²) in [6.07, 6.45) is -3.34. The Morgan fingerprint density at radius 1 is 1.21 bits per heavy atom. The topological polar surface area (TPSA) is 46.3 Å². The summed E-state index contributed by atoms with van der Waals surface area (Å²) in [6, 6.07) is 8.79. The molecule has 0 saturated carbocycles.